The summed E-state index contributed by atoms with van der Waals surface area (Å²) < 4.78 is 0. The fraction of sp³-hybridized carbons (Fsp3) is 0.625. The molecule has 0 atom stereocenters. The van der Waals surface area contributed by atoms with Crippen LogP contribution in [0, 0.1) is 6.92 Å². The highest BCUT2D eigenvalue weighted by molar-refractivity contribution is 5.63. The summed E-state index contributed by atoms with van der Waals surface area (Å²) in [6.45, 7) is 14.4. The highest BCUT2D eigenvalue weighted by Gasteiger charge is 2.13. The first-order valence-electron chi connectivity index (χ1n) is 6.98. The molecule has 0 unspecified atom stereocenters. The van der Waals surface area contributed by atoms with Gasteiger partial charge in [0.05, 0.1) is 0 Å². The maximum absolute atomic E-state index is 2.43. The molecular formula is C16H28N2. The Hall–Kier alpha value is -1.18. The average molecular weight is 248 g/mol. The van der Waals surface area contributed by atoms with Gasteiger partial charge in [-0.3, -0.25) is 0 Å². The van der Waals surface area contributed by atoms with Gasteiger partial charge >= 0.3 is 0 Å². The molecule has 102 valence electrons. The molecule has 2 nitrogen and oxygen atoms in total. The number of anilines is 2. The molecule has 0 amide bonds. The van der Waals surface area contributed by atoms with E-state index in [4.69, 9.17) is 0 Å². The lowest BCUT2D eigenvalue weighted by Gasteiger charge is -2.31. The minimum atomic E-state index is 0.521. The Kier molecular flexibility index (Phi) is 5.06. The van der Waals surface area contributed by atoms with Gasteiger partial charge in [0.1, 0.15) is 0 Å². The van der Waals surface area contributed by atoms with E-state index in [0.717, 1.165) is 6.54 Å². The molecule has 0 saturated heterocycles. The Morgan fingerprint density at radius 3 is 2.11 bits per heavy atom. The van der Waals surface area contributed by atoms with Gasteiger partial charge in [-0.25, -0.2) is 0 Å². The van der Waals surface area contributed by atoms with Gasteiger partial charge in [0.15, 0.2) is 0 Å². The van der Waals surface area contributed by atoms with Gasteiger partial charge in [0, 0.05) is 37.1 Å². The van der Waals surface area contributed by atoms with Crippen LogP contribution in [-0.2, 0) is 0 Å². The lowest BCUT2D eigenvalue weighted by atomic mass is 10.1. The second-order valence-electron chi connectivity index (χ2n) is 5.56. The molecule has 1 aromatic carbocycles. The van der Waals surface area contributed by atoms with E-state index in [9.17, 15) is 0 Å². The van der Waals surface area contributed by atoms with Crippen molar-refractivity contribution in [3.8, 4) is 0 Å². The minimum Gasteiger partial charge on any atom is -0.372 e. The maximum Gasteiger partial charge on any atom is 0.0416 e. The SMILES string of the molecule is CCN(c1ccc(C)c(N(C)C(C)C)c1)C(C)C. The summed E-state index contributed by atoms with van der Waals surface area (Å²) in [5, 5.41) is 0. The third-order valence-corrected chi connectivity index (χ3v) is 3.64. The minimum absolute atomic E-state index is 0.521. The molecule has 0 fully saturated rings. The topological polar surface area (TPSA) is 6.48 Å². The number of nitrogens with zero attached hydrogens (tertiary/aromatic N) is 2. The van der Waals surface area contributed by atoms with Crippen molar-refractivity contribution >= 4 is 11.4 Å². The van der Waals surface area contributed by atoms with E-state index in [2.05, 4.69) is 76.6 Å². The normalized spacial score (nSPS) is 11.2. The van der Waals surface area contributed by atoms with Crippen LogP contribution in [0.4, 0.5) is 11.4 Å². The first-order valence-corrected chi connectivity index (χ1v) is 6.98. The van der Waals surface area contributed by atoms with Gasteiger partial charge < -0.3 is 9.80 Å². The van der Waals surface area contributed by atoms with Gasteiger partial charge in [-0.1, -0.05) is 6.07 Å². The van der Waals surface area contributed by atoms with Crippen molar-refractivity contribution in [2.24, 2.45) is 0 Å². The number of rotatable bonds is 5. The highest BCUT2D eigenvalue weighted by Crippen LogP contribution is 2.27. The van der Waals surface area contributed by atoms with Crippen molar-refractivity contribution in [3.05, 3.63) is 23.8 Å². The summed E-state index contributed by atoms with van der Waals surface area (Å²) in [5.74, 6) is 0. The van der Waals surface area contributed by atoms with Crippen LogP contribution < -0.4 is 9.80 Å². The second-order valence-corrected chi connectivity index (χ2v) is 5.56. The van der Waals surface area contributed by atoms with Crippen molar-refractivity contribution < 1.29 is 0 Å². The molecule has 0 aliphatic rings. The van der Waals surface area contributed by atoms with Crippen molar-refractivity contribution in [2.45, 2.75) is 53.6 Å². The lowest BCUT2D eigenvalue weighted by Crippen LogP contribution is -2.31. The quantitative estimate of drug-likeness (QED) is 0.775. The Labute approximate surface area is 113 Å². The highest BCUT2D eigenvalue weighted by atomic mass is 15.2. The number of benzene rings is 1. The van der Waals surface area contributed by atoms with Gasteiger partial charge in [0.2, 0.25) is 0 Å². The molecular weight excluding hydrogens is 220 g/mol. The van der Waals surface area contributed by atoms with E-state index in [1.54, 1.807) is 0 Å². The molecule has 0 aliphatic carbocycles. The van der Waals surface area contributed by atoms with Gasteiger partial charge in [-0.15, -0.1) is 0 Å². The van der Waals surface area contributed by atoms with E-state index in [0.29, 0.717) is 12.1 Å². The van der Waals surface area contributed by atoms with E-state index in [1.807, 2.05) is 0 Å². The Morgan fingerprint density at radius 1 is 1.06 bits per heavy atom. The molecule has 18 heavy (non-hydrogen) atoms. The third kappa shape index (κ3) is 3.18. The molecule has 1 aromatic rings. The monoisotopic (exact) mass is 248 g/mol. The van der Waals surface area contributed by atoms with Crippen molar-refractivity contribution in [1.82, 2.24) is 0 Å². The van der Waals surface area contributed by atoms with Gasteiger partial charge in [0.25, 0.3) is 0 Å². The molecule has 1 rings (SSSR count). The van der Waals surface area contributed by atoms with Crippen molar-refractivity contribution in [2.75, 3.05) is 23.4 Å². The van der Waals surface area contributed by atoms with Gasteiger partial charge in [-0.05, 0) is 59.2 Å². The van der Waals surface area contributed by atoms with E-state index in [1.165, 1.54) is 16.9 Å². The van der Waals surface area contributed by atoms with E-state index < -0.39 is 0 Å². The number of hydrogen-bond donors (Lipinski definition) is 0. The summed E-state index contributed by atoms with van der Waals surface area (Å²) in [6.07, 6.45) is 0. The lowest BCUT2D eigenvalue weighted by molar-refractivity contribution is 0.702. The zero-order valence-electron chi connectivity index (χ0n) is 13.0. The fourth-order valence-electron chi connectivity index (χ4n) is 2.28. The summed E-state index contributed by atoms with van der Waals surface area (Å²) in [6, 6.07) is 7.84. The van der Waals surface area contributed by atoms with Crippen LogP contribution in [0.2, 0.25) is 0 Å². The van der Waals surface area contributed by atoms with Gasteiger partial charge in [-0.2, -0.15) is 0 Å². The second kappa shape index (κ2) is 6.12. The summed E-state index contributed by atoms with van der Waals surface area (Å²) in [4.78, 5) is 4.77. The zero-order chi connectivity index (χ0) is 13.9. The van der Waals surface area contributed by atoms with Crippen LogP contribution in [-0.4, -0.2) is 25.7 Å². The number of hydrogen-bond acceptors (Lipinski definition) is 2. The molecule has 0 spiro atoms. The first-order chi connectivity index (χ1) is 8.38. The smallest absolute Gasteiger partial charge is 0.0416 e. The third-order valence-electron chi connectivity index (χ3n) is 3.64. The molecule has 2 heteroatoms. The van der Waals surface area contributed by atoms with E-state index >= 15 is 0 Å². The fourth-order valence-corrected chi connectivity index (χ4v) is 2.28. The maximum atomic E-state index is 2.43. The van der Waals surface area contributed by atoms with Crippen LogP contribution in [0.3, 0.4) is 0 Å². The Morgan fingerprint density at radius 2 is 1.67 bits per heavy atom. The summed E-state index contributed by atoms with van der Waals surface area (Å²) >= 11 is 0. The summed E-state index contributed by atoms with van der Waals surface area (Å²) in [7, 11) is 2.17. The average Bonchev–Trinajstić information content (AvgIpc) is 2.30. The van der Waals surface area contributed by atoms with Crippen LogP contribution in [0.5, 0.6) is 0 Å². The summed E-state index contributed by atoms with van der Waals surface area (Å²) in [5.41, 5.74) is 4.00. The van der Waals surface area contributed by atoms with E-state index in [-0.39, 0.29) is 0 Å². The zero-order valence-corrected chi connectivity index (χ0v) is 13.0. The molecule has 0 radical (unpaired) electrons. The molecule has 0 aliphatic heterocycles. The van der Waals surface area contributed by atoms with Crippen LogP contribution >= 0.6 is 0 Å². The Balaban J connectivity index is 3.14. The Bertz CT molecular complexity index is 383. The molecule has 0 saturated carbocycles. The first kappa shape index (κ1) is 14.9. The largest absolute Gasteiger partial charge is 0.372 e. The van der Waals surface area contributed by atoms with Crippen molar-refractivity contribution in [3.63, 3.8) is 0 Å². The van der Waals surface area contributed by atoms with Crippen LogP contribution in [0.15, 0.2) is 18.2 Å². The van der Waals surface area contributed by atoms with Crippen LogP contribution in [0.1, 0.15) is 40.2 Å². The standard InChI is InChI=1S/C16H28N2/c1-8-18(13(4)5)15-10-9-14(6)16(11-15)17(7)12(2)3/h9-13H,8H2,1-7H3. The van der Waals surface area contributed by atoms with Crippen LogP contribution in [0.25, 0.3) is 0 Å². The van der Waals surface area contributed by atoms with Crippen molar-refractivity contribution in [1.29, 1.82) is 0 Å². The number of aryl methyl sites for hydroxylation is 1. The molecule has 0 aromatic heterocycles. The molecule has 0 N–H and O–H groups in total. The molecule has 0 heterocycles. The predicted octanol–water partition coefficient (Wildman–Crippen LogP) is 4.07. The predicted molar refractivity (Wildman–Crippen MR) is 82.9 cm³/mol. The molecule has 0 bridgehead atoms.